The number of hydrogen-bond donors (Lipinski definition) is 1. The van der Waals surface area contributed by atoms with E-state index in [0.717, 1.165) is 11.1 Å². The maximum Gasteiger partial charge on any atom is 0.288 e. The Morgan fingerprint density at radius 2 is 1.92 bits per heavy atom. The highest BCUT2D eigenvalue weighted by Crippen LogP contribution is 2.26. The van der Waals surface area contributed by atoms with Crippen LogP contribution < -0.4 is 5.32 Å². The third kappa shape index (κ3) is 3.92. The molecular weight excluding hydrogens is 328 g/mol. The standard InChI is InChI=1S/C18H19ClN2O3/c1-4-16(13-6-5-11(2)12(3)9-13)20-18(22)14-7-8-15(19)17(10-14)21(23)24/h5-10,16H,4H2,1-3H3,(H,20,22)/t16-/m1/s1. The summed E-state index contributed by atoms with van der Waals surface area (Å²) in [5.74, 6) is -0.361. The van der Waals surface area contributed by atoms with Crippen molar-refractivity contribution in [3.8, 4) is 0 Å². The van der Waals surface area contributed by atoms with E-state index in [2.05, 4.69) is 5.32 Å². The van der Waals surface area contributed by atoms with Gasteiger partial charge in [0.05, 0.1) is 11.0 Å². The molecule has 0 aliphatic heterocycles. The van der Waals surface area contributed by atoms with Crippen LogP contribution in [0.15, 0.2) is 36.4 Å². The van der Waals surface area contributed by atoms with Gasteiger partial charge >= 0.3 is 0 Å². The van der Waals surface area contributed by atoms with E-state index in [9.17, 15) is 14.9 Å². The minimum absolute atomic E-state index is 0.0118. The first-order chi connectivity index (χ1) is 11.3. The van der Waals surface area contributed by atoms with Crippen molar-refractivity contribution in [2.24, 2.45) is 0 Å². The summed E-state index contributed by atoms with van der Waals surface area (Å²) in [6.07, 6.45) is 0.712. The largest absolute Gasteiger partial charge is 0.345 e. The topological polar surface area (TPSA) is 72.2 Å². The van der Waals surface area contributed by atoms with Crippen molar-refractivity contribution < 1.29 is 9.72 Å². The summed E-state index contributed by atoms with van der Waals surface area (Å²) in [5.41, 5.74) is 3.30. The zero-order valence-corrected chi connectivity index (χ0v) is 14.6. The lowest BCUT2D eigenvalue weighted by Gasteiger charge is -2.18. The Morgan fingerprint density at radius 3 is 2.50 bits per heavy atom. The number of hydrogen-bond acceptors (Lipinski definition) is 3. The summed E-state index contributed by atoms with van der Waals surface area (Å²) >= 11 is 5.78. The predicted molar refractivity (Wildman–Crippen MR) is 94.5 cm³/mol. The van der Waals surface area contributed by atoms with Crippen LogP contribution in [0.5, 0.6) is 0 Å². The van der Waals surface area contributed by atoms with E-state index in [1.165, 1.54) is 23.8 Å². The Bertz CT molecular complexity index is 790. The summed E-state index contributed by atoms with van der Waals surface area (Å²) in [6.45, 7) is 6.03. The quantitative estimate of drug-likeness (QED) is 0.627. The summed E-state index contributed by atoms with van der Waals surface area (Å²) in [7, 11) is 0. The highest BCUT2D eigenvalue weighted by atomic mass is 35.5. The fourth-order valence-corrected chi connectivity index (χ4v) is 2.62. The Kier molecular flexibility index (Phi) is 5.57. The van der Waals surface area contributed by atoms with Gasteiger partial charge in [0.25, 0.3) is 11.6 Å². The smallest absolute Gasteiger partial charge is 0.288 e. The van der Waals surface area contributed by atoms with E-state index in [4.69, 9.17) is 11.6 Å². The van der Waals surface area contributed by atoms with Crippen LogP contribution in [0, 0.1) is 24.0 Å². The van der Waals surface area contributed by atoms with Gasteiger partial charge in [0.15, 0.2) is 0 Å². The minimum Gasteiger partial charge on any atom is -0.345 e. The van der Waals surface area contributed by atoms with Gasteiger partial charge in [-0.15, -0.1) is 0 Å². The van der Waals surface area contributed by atoms with Crippen molar-refractivity contribution in [1.29, 1.82) is 0 Å². The third-order valence-electron chi connectivity index (χ3n) is 4.05. The monoisotopic (exact) mass is 346 g/mol. The number of amides is 1. The average Bonchev–Trinajstić information content (AvgIpc) is 2.55. The Balaban J connectivity index is 2.25. The zero-order chi connectivity index (χ0) is 17.9. The highest BCUT2D eigenvalue weighted by molar-refractivity contribution is 6.32. The van der Waals surface area contributed by atoms with Gasteiger partial charge < -0.3 is 5.32 Å². The van der Waals surface area contributed by atoms with Crippen LogP contribution in [0.25, 0.3) is 0 Å². The third-order valence-corrected chi connectivity index (χ3v) is 4.37. The van der Waals surface area contributed by atoms with E-state index in [1.54, 1.807) is 0 Å². The van der Waals surface area contributed by atoms with Crippen molar-refractivity contribution in [1.82, 2.24) is 5.32 Å². The number of nitrogens with zero attached hydrogens (tertiary/aromatic N) is 1. The molecule has 1 N–H and O–H groups in total. The molecule has 0 spiro atoms. The van der Waals surface area contributed by atoms with Crippen LogP contribution in [-0.2, 0) is 0 Å². The SMILES string of the molecule is CC[C@@H](NC(=O)c1ccc(Cl)c([N+](=O)[O-])c1)c1ccc(C)c(C)c1. The second-order valence-corrected chi connectivity index (χ2v) is 6.11. The first-order valence-electron chi connectivity index (χ1n) is 7.65. The predicted octanol–water partition coefficient (Wildman–Crippen LogP) is 4.75. The van der Waals surface area contributed by atoms with Gasteiger partial charge in [-0.25, -0.2) is 0 Å². The first kappa shape index (κ1) is 17.9. The Morgan fingerprint density at radius 1 is 1.21 bits per heavy atom. The normalized spacial score (nSPS) is 11.8. The number of rotatable bonds is 5. The molecule has 24 heavy (non-hydrogen) atoms. The molecule has 0 fully saturated rings. The van der Waals surface area contributed by atoms with Gasteiger partial charge in [0, 0.05) is 11.6 Å². The number of nitro groups is 1. The van der Waals surface area contributed by atoms with Crippen LogP contribution >= 0.6 is 11.6 Å². The molecule has 126 valence electrons. The van der Waals surface area contributed by atoms with E-state index >= 15 is 0 Å². The lowest BCUT2D eigenvalue weighted by atomic mass is 9.99. The second-order valence-electron chi connectivity index (χ2n) is 5.70. The van der Waals surface area contributed by atoms with Crippen molar-refractivity contribution in [3.05, 3.63) is 73.8 Å². The number of nitro benzene ring substituents is 1. The van der Waals surface area contributed by atoms with Gasteiger partial charge in [-0.2, -0.15) is 0 Å². The highest BCUT2D eigenvalue weighted by Gasteiger charge is 2.19. The molecule has 0 saturated heterocycles. The van der Waals surface area contributed by atoms with Crippen LogP contribution in [0.2, 0.25) is 5.02 Å². The second kappa shape index (κ2) is 7.45. The molecule has 1 atom stereocenters. The maximum atomic E-state index is 12.4. The Hall–Kier alpha value is -2.40. The van der Waals surface area contributed by atoms with Crippen molar-refractivity contribution in [3.63, 3.8) is 0 Å². The van der Waals surface area contributed by atoms with Gasteiger partial charge in [0.1, 0.15) is 5.02 Å². The zero-order valence-electron chi connectivity index (χ0n) is 13.8. The summed E-state index contributed by atoms with van der Waals surface area (Å²) < 4.78 is 0. The number of carbonyl (C=O) groups is 1. The molecule has 2 aromatic rings. The number of nitrogens with one attached hydrogen (secondary N) is 1. The Labute approximate surface area is 145 Å². The summed E-state index contributed by atoms with van der Waals surface area (Å²) in [6, 6.07) is 9.95. The van der Waals surface area contributed by atoms with Gasteiger partial charge in [-0.1, -0.05) is 36.7 Å². The number of carbonyl (C=O) groups excluding carboxylic acids is 1. The molecule has 5 nitrogen and oxygen atoms in total. The van der Waals surface area contributed by atoms with Crippen LogP contribution in [0.1, 0.15) is 46.4 Å². The molecule has 0 aliphatic rings. The van der Waals surface area contributed by atoms with Gasteiger partial charge in [0.2, 0.25) is 0 Å². The molecule has 0 saturated carbocycles. The molecule has 2 aromatic carbocycles. The molecule has 2 rings (SSSR count). The van der Waals surface area contributed by atoms with Crippen LogP contribution in [0.4, 0.5) is 5.69 Å². The summed E-state index contributed by atoms with van der Waals surface area (Å²) in [4.78, 5) is 22.8. The van der Waals surface area contributed by atoms with Crippen molar-refractivity contribution >= 4 is 23.2 Å². The fraction of sp³-hybridized carbons (Fsp3) is 0.278. The van der Waals surface area contributed by atoms with Gasteiger partial charge in [-0.3, -0.25) is 14.9 Å². The van der Waals surface area contributed by atoms with Crippen LogP contribution in [0.3, 0.4) is 0 Å². The van der Waals surface area contributed by atoms with E-state index in [-0.39, 0.29) is 28.2 Å². The first-order valence-corrected chi connectivity index (χ1v) is 8.03. The number of aryl methyl sites for hydroxylation is 2. The van der Waals surface area contributed by atoms with E-state index in [0.29, 0.717) is 6.42 Å². The fourth-order valence-electron chi connectivity index (χ4n) is 2.44. The van der Waals surface area contributed by atoms with E-state index in [1.807, 2.05) is 39.0 Å². The molecule has 0 aromatic heterocycles. The molecule has 6 heteroatoms. The lowest BCUT2D eigenvalue weighted by molar-refractivity contribution is -0.384. The number of benzene rings is 2. The molecule has 0 aliphatic carbocycles. The molecular formula is C18H19ClN2O3. The lowest BCUT2D eigenvalue weighted by Crippen LogP contribution is -2.28. The minimum atomic E-state index is -0.597. The summed E-state index contributed by atoms with van der Waals surface area (Å²) in [5, 5.41) is 13.9. The molecule has 0 heterocycles. The van der Waals surface area contributed by atoms with Crippen molar-refractivity contribution in [2.75, 3.05) is 0 Å². The van der Waals surface area contributed by atoms with Crippen molar-refractivity contribution in [2.45, 2.75) is 33.2 Å². The molecule has 0 unspecified atom stereocenters. The molecule has 0 bridgehead atoms. The van der Waals surface area contributed by atoms with Gasteiger partial charge in [-0.05, 0) is 49.1 Å². The van der Waals surface area contributed by atoms with E-state index < -0.39 is 4.92 Å². The maximum absolute atomic E-state index is 12.4. The van der Waals surface area contributed by atoms with Crippen LogP contribution in [-0.4, -0.2) is 10.8 Å². The number of halogens is 1. The molecule has 0 radical (unpaired) electrons. The average molecular weight is 347 g/mol. The molecule has 1 amide bonds.